The second kappa shape index (κ2) is 5.65. The molecule has 0 atom stereocenters. The Morgan fingerprint density at radius 3 is 2.67 bits per heavy atom. The van der Waals surface area contributed by atoms with Gasteiger partial charge in [-0.05, 0) is 38.1 Å². The highest BCUT2D eigenvalue weighted by molar-refractivity contribution is 7.15. The third-order valence-corrected chi connectivity index (χ3v) is 3.75. The third kappa shape index (κ3) is 2.69. The van der Waals surface area contributed by atoms with Crippen molar-refractivity contribution < 1.29 is 4.74 Å². The molecule has 0 N–H and O–H groups in total. The Labute approximate surface area is 111 Å². The Bertz CT molecular complexity index is 566. The van der Waals surface area contributed by atoms with Crippen molar-refractivity contribution in [3.8, 4) is 22.4 Å². The number of aryl methyl sites for hydroxylation is 1. The standard InChI is InChI=1S/C14H14N2OS/c1-3-17-12-6-4-11(5-7-12)14-16-10(2)13(18-14)8-9-15/h4-7H,3,8H2,1-2H3. The second-order valence-corrected chi connectivity index (χ2v) is 4.90. The van der Waals surface area contributed by atoms with Crippen molar-refractivity contribution in [3.63, 3.8) is 0 Å². The van der Waals surface area contributed by atoms with E-state index in [1.807, 2.05) is 38.1 Å². The van der Waals surface area contributed by atoms with Gasteiger partial charge in [-0.15, -0.1) is 11.3 Å². The van der Waals surface area contributed by atoms with E-state index in [-0.39, 0.29) is 0 Å². The van der Waals surface area contributed by atoms with E-state index in [4.69, 9.17) is 10.00 Å². The fourth-order valence-electron chi connectivity index (χ4n) is 1.65. The van der Waals surface area contributed by atoms with Crippen molar-refractivity contribution in [2.24, 2.45) is 0 Å². The maximum atomic E-state index is 8.73. The van der Waals surface area contributed by atoms with Crippen LogP contribution < -0.4 is 4.74 Å². The largest absolute Gasteiger partial charge is 0.494 e. The van der Waals surface area contributed by atoms with Crippen LogP contribution in [0.4, 0.5) is 0 Å². The van der Waals surface area contributed by atoms with Crippen LogP contribution in [0.25, 0.3) is 10.6 Å². The maximum Gasteiger partial charge on any atom is 0.123 e. The van der Waals surface area contributed by atoms with Crippen molar-refractivity contribution >= 4 is 11.3 Å². The van der Waals surface area contributed by atoms with Crippen molar-refractivity contribution in [1.29, 1.82) is 5.26 Å². The van der Waals surface area contributed by atoms with Gasteiger partial charge in [0.1, 0.15) is 10.8 Å². The van der Waals surface area contributed by atoms with Crippen LogP contribution in [0.2, 0.25) is 0 Å². The summed E-state index contributed by atoms with van der Waals surface area (Å²) >= 11 is 1.58. The molecule has 92 valence electrons. The number of thiazole rings is 1. The van der Waals surface area contributed by atoms with E-state index in [9.17, 15) is 0 Å². The fourth-order valence-corrected chi connectivity index (χ4v) is 2.65. The van der Waals surface area contributed by atoms with Crippen molar-refractivity contribution in [3.05, 3.63) is 34.8 Å². The van der Waals surface area contributed by atoms with Crippen LogP contribution in [0.5, 0.6) is 5.75 Å². The van der Waals surface area contributed by atoms with Gasteiger partial charge in [-0.3, -0.25) is 0 Å². The quantitative estimate of drug-likeness (QED) is 0.842. The van der Waals surface area contributed by atoms with Gasteiger partial charge in [0.05, 0.1) is 24.8 Å². The summed E-state index contributed by atoms with van der Waals surface area (Å²) in [6.45, 7) is 4.58. The van der Waals surface area contributed by atoms with Gasteiger partial charge in [-0.1, -0.05) is 0 Å². The smallest absolute Gasteiger partial charge is 0.123 e. The lowest BCUT2D eigenvalue weighted by atomic mass is 10.2. The van der Waals surface area contributed by atoms with E-state index in [2.05, 4.69) is 11.1 Å². The Balaban J connectivity index is 2.26. The van der Waals surface area contributed by atoms with Crippen LogP contribution in [-0.4, -0.2) is 11.6 Å². The number of ether oxygens (including phenoxy) is 1. The Hall–Kier alpha value is -1.86. The lowest BCUT2D eigenvalue weighted by Crippen LogP contribution is -1.90. The molecule has 0 unspecified atom stereocenters. The molecular weight excluding hydrogens is 244 g/mol. The topological polar surface area (TPSA) is 45.9 Å². The van der Waals surface area contributed by atoms with Crippen LogP contribution >= 0.6 is 11.3 Å². The summed E-state index contributed by atoms with van der Waals surface area (Å²) in [5.41, 5.74) is 2.01. The molecule has 0 saturated carbocycles. The summed E-state index contributed by atoms with van der Waals surface area (Å²) in [7, 11) is 0. The SMILES string of the molecule is CCOc1ccc(-c2nc(C)c(CC#N)s2)cc1. The van der Waals surface area contributed by atoms with Crippen LogP contribution in [0.15, 0.2) is 24.3 Å². The first-order valence-electron chi connectivity index (χ1n) is 5.81. The van der Waals surface area contributed by atoms with E-state index in [0.29, 0.717) is 13.0 Å². The number of aromatic nitrogens is 1. The lowest BCUT2D eigenvalue weighted by Gasteiger charge is -2.02. The van der Waals surface area contributed by atoms with E-state index >= 15 is 0 Å². The molecule has 2 rings (SSSR count). The molecule has 0 fully saturated rings. The van der Waals surface area contributed by atoms with Gasteiger partial charge in [0.2, 0.25) is 0 Å². The monoisotopic (exact) mass is 258 g/mol. The van der Waals surface area contributed by atoms with Crippen molar-refractivity contribution in [2.75, 3.05) is 6.61 Å². The molecule has 0 radical (unpaired) electrons. The first-order chi connectivity index (χ1) is 8.74. The molecule has 0 aliphatic heterocycles. The molecule has 1 aromatic carbocycles. The summed E-state index contributed by atoms with van der Waals surface area (Å²) in [4.78, 5) is 5.54. The Morgan fingerprint density at radius 1 is 1.33 bits per heavy atom. The third-order valence-electron chi connectivity index (χ3n) is 2.54. The summed E-state index contributed by atoms with van der Waals surface area (Å²) in [6.07, 6.45) is 0.431. The Morgan fingerprint density at radius 2 is 2.06 bits per heavy atom. The van der Waals surface area contributed by atoms with Gasteiger partial charge in [-0.2, -0.15) is 5.26 Å². The molecular formula is C14H14N2OS. The second-order valence-electron chi connectivity index (χ2n) is 3.82. The number of nitriles is 1. The number of hydrogen-bond donors (Lipinski definition) is 0. The molecule has 4 heteroatoms. The number of rotatable bonds is 4. The van der Waals surface area contributed by atoms with Gasteiger partial charge in [0, 0.05) is 10.4 Å². The first kappa shape index (κ1) is 12.6. The van der Waals surface area contributed by atoms with Gasteiger partial charge >= 0.3 is 0 Å². The van der Waals surface area contributed by atoms with Gasteiger partial charge < -0.3 is 4.74 Å². The van der Waals surface area contributed by atoms with E-state index in [1.165, 1.54) is 0 Å². The number of nitrogens with zero attached hydrogens (tertiary/aromatic N) is 2. The number of benzene rings is 1. The van der Waals surface area contributed by atoms with Crippen LogP contribution in [-0.2, 0) is 6.42 Å². The highest BCUT2D eigenvalue weighted by Crippen LogP contribution is 2.29. The van der Waals surface area contributed by atoms with Gasteiger partial charge in [0.15, 0.2) is 0 Å². The minimum Gasteiger partial charge on any atom is -0.494 e. The molecule has 0 spiro atoms. The zero-order valence-electron chi connectivity index (χ0n) is 10.4. The predicted octanol–water partition coefficient (Wildman–Crippen LogP) is 3.58. The lowest BCUT2D eigenvalue weighted by molar-refractivity contribution is 0.340. The molecule has 2 aromatic rings. The molecule has 0 amide bonds. The molecule has 0 aliphatic rings. The van der Waals surface area contributed by atoms with Crippen LogP contribution in [0.1, 0.15) is 17.5 Å². The highest BCUT2D eigenvalue weighted by Gasteiger charge is 2.09. The van der Waals surface area contributed by atoms with E-state index < -0.39 is 0 Å². The average Bonchev–Trinajstić information content (AvgIpc) is 2.73. The summed E-state index contributed by atoms with van der Waals surface area (Å²) in [5.74, 6) is 0.867. The van der Waals surface area contributed by atoms with Gasteiger partial charge in [-0.25, -0.2) is 4.98 Å². The molecule has 0 saturated heterocycles. The molecule has 18 heavy (non-hydrogen) atoms. The average molecular weight is 258 g/mol. The molecule has 0 bridgehead atoms. The van der Waals surface area contributed by atoms with E-state index in [1.54, 1.807) is 11.3 Å². The Kier molecular flexibility index (Phi) is 3.96. The summed E-state index contributed by atoms with van der Waals surface area (Å²) < 4.78 is 5.40. The zero-order chi connectivity index (χ0) is 13.0. The van der Waals surface area contributed by atoms with Crippen LogP contribution in [0.3, 0.4) is 0 Å². The van der Waals surface area contributed by atoms with Crippen molar-refractivity contribution in [2.45, 2.75) is 20.3 Å². The number of hydrogen-bond acceptors (Lipinski definition) is 4. The molecule has 3 nitrogen and oxygen atoms in total. The zero-order valence-corrected chi connectivity index (χ0v) is 11.3. The predicted molar refractivity (Wildman–Crippen MR) is 72.8 cm³/mol. The minimum absolute atomic E-state index is 0.431. The van der Waals surface area contributed by atoms with Gasteiger partial charge in [0.25, 0.3) is 0 Å². The maximum absolute atomic E-state index is 8.73. The highest BCUT2D eigenvalue weighted by atomic mass is 32.1. The minimum atomic E-state index is 0.431. The summed E-state index contributed by atoms with van der Waals surface area (Å²) in [6, 6.07) is 10.1. The molecule has 1 heterocycles. The fraction of sp³-hybridized carbons (Fsp3) is 0.286. The first-order valence-corrected chi connectivity index (χ1v) is 6.62. The van der Waals surface area contributed by atoms with E-state index in [0.717, 1.165) is 26.9 Å². The summed E-state index contributed by atoms with van der Waals surface area (Å²) in [5, 5.41) is 9.69. The van der Waals surface area contributed by atoms with Crippen molar-refractivity contribution in [1.82, 2.24) is 4.98 Å². The normalized spacial score (nSPS) is 10.1. The molecule has 0 aliphatic carbocycles. The molecule has 1 aromatic heterocycles. The van der Waals surface area contributed by atoms with Crippen LogP contribution in [0, 0.1) is 18.3 Å².